The highest BCUT2D eigenvalue weighted by Crippen LogP contribution is 2.17. The summed E-state index contributed by atoms with van der Waals surface area (Å²) in [6, 6.07) is 3.54. The lowest BCUT2D eigenvalue weighted by Gasteiger charge is -2.08. The molecule has 0 saturated carbocycles. The standard InChI is InChI=1S/C11H14F2N2O/c1-2-6-14-10(16)7-15-11-8(12)4-3-5-9(11)13/h3-5,15H,2,6-7H2,1H3,(H,14,16). The Hall–Kier alpha value is -1.65. The van der Waals surface area contributed by atoms with Crippen LogP contribution in [0.4, 0.5) is 14.5 Å². The van der Waals surface area contributed by atoms with Crippen molar-refractivity contribution in [3.8, 4) is 0 Å². The second kappa shape index (κ2) is 6.05. The average molecular weight is 228 g/mol. The fraction of sp³-hybridized carbons (Fsp3) is 0.364. The zero-order chi connectivity index (χ0) is 12.0. The number of carbonyl (C=O) groups excluding carboxylic acids is 1. The van der Waals surface area contributed by atoms with Crippen molar-refractivity contribution in [2.24, 2.45) is 0 Å². The van der Waals surface area contributed by atoms with E-state index in [1.165, 1.54) is 6.07 Å². The topological polar surface area (TPSA) is 41.1 Å². The van der Waals surface area contributed by atoms with Gasteiger partial charge in [0.1, 0.15) is 17.3 Å². The lowest BCUT2D eigenvalue weighted by molar-refractivity contribution is -0.119. The summed E-state index contributed by atoms with van der Waals surface area (Å²) in [6.45, 7) is 2.34. The van der Waals surface area contributed by atoms with E-state index in [2.05, 4.69) is 10.6 Å². The number of carbonyl (C=O) groups is 1. The molecule has 0 fully saturated rings. The number of nitrogens with one attached hydrogen (secondary N) is 2. The number of halogens is 2. The van der Waals surface area contributed by atoms with Crippen LogP contribution in [0.1, 0.15) is 13.3 Å². The number of hydrogen-bond donors (Lipinski definition) is 2. The van der Waals surface area contributed by atoms with Gasteiger partial charge in [0.25, 0.3) is 0 Å². The van der Waals surface area contributed by atoms with Gasteiger partial charge in [0.15, 0.2) is 0 Å². The van der Waals surface area contributed by atoms with Crippen LogP contribution in [-0.4, -0.2) is 19.0 Å². The van der Waals surface area contributed by atoms with Crippen LogP contribution in [-0.2, 0) is 4.79 Å². The molecule has 0 saturated heterocycles. The van der Waals surface area contributed by atoms with Gasteiger partial charge in [0, 0.05) is 6.54 Å². The van der Waals surface area contributed by atoms with E-state index in [1.807, 2.05) is 6.92 Å². The molecule has 0 radical (unpaired) electrons. The van der Waals surface area contributed by atoms with E-state index < -0.39 is 11.6 Å². The summed E-state index contributed by atoms with van der Waals surface area (Å²) in [4.78, 5) is 11.2. The highest BCUT2D eigenvalue weighted by atomic mass is 19.1. The molecule has 0 aromatic heterocycles. The third-order valence-corrected chi connectivity index (χ3v) is 1.96. The van der Waals surface area contributed by atoms with Crippen molar-refractivity contribution in [2.45, 2.75) is 13.3 Å². The largest absolute Gasteiger partial charge is 0.371 e. The number of benzene rings is 1. The van der Waals surface area contributed by atoms with Gasteiger partial charge in [-0.05, 0) is 18.6 Å². The van der Waals surface area contributed by atoms with Crippen molar-refractivity contribution in [3.63, 3.8) is 0 Å². The Kier molecular flexibility index (Phi) is 4.69. The first-order chi connectivity index (χ1) is 7.65. The maximum atomic E-state index is 13.1. The lowest BCUT2D eigenvalue weighted by atomic mass is 10.3. The first kappa shape index (κ1) is 12.4. The molecule has 0 atom stereocenters. The highest BCUT2D eigenvalue weighted by molar-refractivity contribution is 5.80. The van der Waals surface area contributed by atoms with Gasteiger partial charge >= 0.3 is 0 Å². The van der Waals surface area contributed by atoms with E-state index in [0.29, 0.717) is 6.54 Å². The zero-order valence-electron chi connectivity index (χ0n) is 9.02. The van der Waals surface area contributed by atoms with Crippen molar-refractivity contribution in [2.75, 3.05) is 18.4 Å². The molecule has 0 unspecified atom stereocenters. The van der Waals surface area contributed by atoms with Gasteiger partial charge in [-0.3, -0.25) is 4.79 Å². The first-order valence-corrected chi connectivity index (χ1v) is 5.09. The second-order valence-corrected chi connectivity index (χ2v) is 3.30. The Labute approximate surface area is 92.8 Å². The zero-order valence-corrected chi connectivity index (χ0v) is 9.02. The van der Waals surface area contributed by atoms with E-state index in [1.54, 1.807) is 0 Å². The molecular weight excluding hydrogens is 214 g/mol. The molecule has 1 amide bonds. The maximum absolute atomic E-state index is 13.1. The minimum atomic E-state index is -0.705. The fourth-order valence-electron chi connectivity index (χ4n) is 1.16. The van der Waals surface area contributed by atoms with E-state index in [9.17, 15) is 13.6 Å². The predicted octanol–water partition coefficient (Wildman–Crippen LogP) is 1.90. The molecule has 1 rings (SSSR count). The molecule has 3 nitrogen and oxygen atoms in total. The minimum absolute atomic E-state index is 0.141. The molecular formula is C11H14F2N2O. The normalized spacial score (nSPS) is 9.94. The van der Waals surface area contributed by atoms with Crippen molar-refractivity contribution < 1.29 is 13.6 Å². The summed E-state index contributed by atoms with van der Waals surface area (Å²) in [7, 11) is 0. The molecule has 0 aliphatic carbocycles. The third kappa shape index (κ3) is 3.49. The molecule has 1 aromatic rings. The predicted molar refractivity (Wildman–Crippen MR) is 58.1 cm³/mol. The molecule has 0 spiro atoms. The van der Waals surface area contributed by atoms with Crippen molar-refractivity contribution >= 4 is 11.6 Å². The third-order valence-electron chi connectivity index (χ3n) is 1.96. The molecule has 5 heteroatoms. The van der Waals surface area contributed by atoms with Crippen LogP contribution in [0.2, 0.25) is 0 Å². The van der Waals surface area contributed by atoms with Gasteiger partial charge in [0.2, 0.25) is 5.91 Å². The van der Waals surface area contributed by atoms with Gasteiger partial charge in [-0.2, -0.15) is 0 Å². The summed E-state index contributed by atoms with van der Waals surface area (Å²) in [5.74, 6) is -1.70. The summed E-state index contributed by atoms with van der Waals surface area (Å²) in [6.07, 6.45) is 0.819. The van der Waals surface area contributed by atoms with E-state index >= 15 is 0 Å². The lowest BCUT2D eigenvalue weighted by Crippen LogP contribution is -2.30. The summed E-state index contributed by atoms with van der Waals surface area (Å²) in [5.41, 5.74) is -0.269. The quantitative estimate of drug-likeness (QED) is 0.808. The van der Waals surface area contributed by atoms with Gasteiger partial charge in [-0.15, -0.1) is 0 Å². The summed E-state index contributed by atoms with van der Waals surface area (Å²) in [5, 5.41) is 5.02. The van der Waals surface area contributed by atoms with Crippen LogP contribution in [0.25, 0.3) is 0 Å². The van der Waals surface area contributed by atoms with Crippen LogP contribution in [0, 0.1) is 11.6 Å². The highest BCUT2D eigenvalue weighted by Gasteiger charge is 2.08. The second-order valence-electron chi connectivity index (χ2n) is 3.30. The molecule has 1 aromatic carbocycles. The Bertz CT molecular complexity index is 349. The number of para-hydroxylation sites is 1. The molecule has 0 bridgehead atoms. The SMILES string of the molecule is CCCNC(=O)CNc1c(F)cccc1F. The number of rotatable bonds is 5. The molecule has 0 heterocycles. The first-order valence-electron chi connectivity index (χ1n) is 5.09. The maximum Gasteiger partial charge on any atom is 0.239 e. The summed E-state index contributed by atoms with van der Waals surface area (Å²) < 4.78 is 26.2. The molecule has 16 heavy (non-hydrogen) atoms. The fourth-order valence-corrected chi connectivity index (χ4v) is 1.16. The Morgan fingerprint density at radius 1 is 1.31 bits per heavy atom. The molecule has 0 aliphatic heterocycles. The average Bonchev–Trinajstić information content (AvgIpc) is 2.25. The van der Waals surface area contributed by atoms with Crippen molar-refractivity contribution in [1.82, 2.24) is 5.32 Å². The summed E-state index contributed by atoms with van der Waals surface area (Å²) >= 11 is 0. The van der Waals surface area contributed by atoms with Gasteiger partial charge in [-0.1, -0.05) is 13.0 Å². The van der Waals surface area contributed by atoms with Gasteiger partial charge in [-0.25, -0.2) is 8.78 Å². The molecule has 0 aliphatic rings. The van der Waals surface area contributed by atoms with Crippen LogP contribution in [0.3, 0.4) is 0 Å². The monoisotopic (exact) mass is 228 g/mol. The van der Waals surface area contributed by atoms with E-state index in [0.717, 1.165) is 18.6 Å². The Morgan fingerprint density at radius 2 is 1.94 bits per heavy atom. The van der Waals surface area contributed by atoms with Crippen molar-refractivity contribution in [1.29, 1.82) is 0 Å². The van der Waals surface area contributed by atoms with Gasteiger partial charge in [0.05, 0.1) is 6.54 Å². The van der Waals surface area contributed by atoms with Gasteiger partial charge < -0.3 is 10.6 Å². The van der Waals surface area contributed by atoms with E-state index in [-0.39, 0.29) is 18.1 Å². The van der Waals surface area contributed by atoms with Crippen molar-refractivity contribution in [3.05, 3.63) is 29.8 Å². The number of anilines is 1. The Balaban J connectivity index is 2.51. The van der Waals surface area contributed by atoms with Crippen LogP contribution < -0.4 is 10.6 Å². The molecule has 88 valence electrons. The van der Waals surface area contributed by atoms with Crippen LogP contribution in [0.5, 0.6) is 0 Å². The minimum Gasteiger partial charge on any atom is -0.371 e. The van der Waals surface area contributed by atoms with E-state index in [4.69, 9.17) is 0 Å². The number of amides is 1. The molecule has 2 N–H and O–H groups in total. The number of hydrogen-bond acceptors (Lipinski definition) is 2. The Morgan fingerprint density at radius 3 is 2.50 bits per heavy atom. The van der Waals surface area contributed by atoms with Crippen LogP contribution in [0.15, 0.2) is 18.2 Å². The van der Waals surface area contributed by atoms with Crippen LogP contribution >= 0.6 is 0 Å². The smallest absolute Gasteiger partial charge is 0.239 e.